The summed E-state index contributed by atoms with van der Waals surface area (Å²) in [5.74, 6) is 0.748. The van der Waals surface area contributed by atoms with Crippen molar-refractivity contribution in [2.45, 2.75) is 51.4 Å². The van der Waals surface area contributed by atoms with Crippen molar-refractivity contribution < 1.29 is 19.8 Å². The van der Waals surface area contributed by atoms with Gasteiger partial charge in [0.05, 0.1) is 6.42 Å². The van der Waals surface area contributed by atoms with E-state index in [4.69, 9.17) is 0 Å². The number of carbonyl (C=O) groups is 2. The van der Waals surface area contributed by atoms with Crippen LogP contribution < -0.4 is 0 Å². The summed E-state index contributed by atoms with van der Waals surface area (Å²) in [5.41, 5.74) is 2.65. The Morgan fingerprint density at radius 2 is 2.04 bits per heavy atom. The Bertz CT molecular complexity index is 723. The lowest BCUT2D eigenvalue weighted by atomic mass is 9.55. The fraction of sp³-hybridized carbons (Fsp3) is 0.550. The van der Waals surface area contributed by atoms with Crippen molar-refractivity contribution in [3.05, 3.63) is 35.2 Å². The quantitative estimate of drug-likeness (QED) is 0.872. The second-order valence-corrected chi connectivity index (χ2v) is 7.92. The van der Waals surface area contributed by atoms with Gasteiger partial charge in [-0.15, -0.1) is 0 Å². The van der Waals surface area contributed by atoms with Gasteiger partial charge < -0.3 is 10.2 Å². The lowest BCUT2D eigenvalue weighted by Crippen LogP contribution is -2.42. The molecule has 1 aromatic rings. The number of fused-ring (bicyclic) bond motifs is 5. The molecule has 0 saturated heterocycles. The highest BCUT2D eigenvalue weighted by molar-refractivity contribution is 5.87. The van der Waals surface area contributed by atoms with Crippen LogP contribution in [0.25, 0.3) is 0 Å². The van der Waals surface area contributed by atoms with Crippen LogP contribution in [0.2, 0.25) is 0 Å². The molecule has 0 unspecified atom stereocenters. The molecule has 3 aliphatic carbocycles. The first-order valence-electron chi connectivity index (χ1n) is 8.87. The Balaban J connectivity index is 1.77. The number of aliphatic carboxylic acids is 1. The number of rotatable bonds is 2. The number of hydrogen-bond acceptors (Lipinski definition) is 3. The Hall–Kier alpha value is -1.84. The standard InChI is InChI=1S/C20H23O4/c1-20-7-6-15-14(16(20)4-5-17(20)22)3-2-11-8-13(21)9-12(19(11)15)10-18(23)24/h8-10,14-16,21H,2-7H2,1H3,(H,23,24)/t14-,15+,16+,20+/m1/s1. The van der Waals surface area contributed by atoms with E-state index >= 15 is 0 Å². The molecule has 4 heteroatoms. The molecule has 2 saturated carbocycles. The molecule has 4 nitrogen and oxygen atoms in total. The Morgan fingerprint density at radius 3 is 2.79 bits per heavy atom. The summed E-state index contributed by atoms with van der Waals surface area (Å²) < 4.78 is 0. The fourth-order valence-corrected chi connectivity index (χ4v) is 5.77. The van der Waals surface area contributed by atoms with Crippen LogP contribution in [0, 0.1) is 23.7 Å². The average Bonchev–Trinajstić information content (AvgIpc) is 2.81. The van der Waals surface area contributed by atoms with E-state index in [0.29, 0.717) is 35.5 Å². The first kappa shape index (κ1) is 15.7. The molecule has 0 heterocycles. The van der Waals surface area contributed by atoms with E-state index in [1.54, 1.807) is 12.1 Å². The Labute approximate surface area is 141 Å². The van der Waals surface area contributed by atoms with E-state index in [1.807, 2.05) is 0 Å². The molecule has 127 valence electrons. The number of aryl methyl sites for hydroxylation is 1. The van der Waals surface area contributed by atoms with E-state index in [2.05, 4.69) is 6.92 Å². The summed E-state index contributed by atoms with van der Waals surface area (Å²) in [7, 11) is 0. The van der Waals surface area contributed by atoms with Crippen LogP contribution in [-0.2, 0) is 16.0 Å². The molecule has 0 bridgehead atoms. The van der Waals surface area contributed by atoms with Crippen molar-refractivity contribution in [3.63, 3.8) is 0 Å². The summed E-state index contributed by atoms with van der Waals surface area (Å²) in [6.45, 7) is 2.14. The van der Waals surface area contributed by atoms with Crippen molar-refractivity contribution in [1.82, 2.24) is 0 Å². The number of hydrogen-bond donors (Lipinski definition) is 2. The molecule has 1 aromatic carbocycles. The number of Topliss-reactive ketones (excluding diaryl/α,β-unsaturated/α-hetero) is 1. The molecule has 0 aliphatic heterocycles. The maximum absolute atomic E-state index is 12.4. The van der Waals surface area contributed by atoms with Gasteiger partial charge in [-0.1, -0.05) is 6.92 Å². The van der Waals surface area contributed by atoms with Gasteiger partial charge in [0.1, 0.15) is 11.5 Å². The molecule has 0 aromatic heterocycles. The highest BCUT2D eigenvalue weighted by Gasteiger charge is 2.54. The molecule has 0 spiro atoms. The molecule has 2 fully saturated rings. The van der Waals surface area contributed by atoms with E-state index in [0.717, 1.165) is 43.2 Å². The summed E-state index contributed by atoms with van der Waals surface area (Å²) in [5, 5.41) is 19.1. The van der Waals surface area contributed by atoms with Crippen LogP contribution in [0.3, 0.4) is 0 Å². The summed E-state index contributed by atoms with van der Waals surface area (Å²) >= 11 is 0. The van der Waals surface area contributed by atoms with Gasteiger partial charge >= 0.3 is 5.97 Å². The molecule has 1 radical (unpaired) electrons. The zero-order valence-corrected chi connectivity index (χ0v) is 13.9. The zero-order chi connectivity index (χ0) is 17.1. The van der Waals surface area contributed by atoms with Gasteiger partial charge in [0, 0.05) is 11.8 Å². The second kappa shape index (κ2) is 5.33. The van der Waals surface area contributed by atoms with Gasteiger partial charge in [-0.25, -0.2) is 0 Å². The van der Waals surface area contributed by atoms with Crippen molar-refractivity contribution in [3.8, 4) is 5.75 Å². The largest absolute Gasteiger partial charge is 0.508 e. The zero-order valence-electron chi connectivity index (χ0n) is 13.9. The Kier molecular flexibility index (Phi) is 3.48. The average molecular weight is 327 g/mol. The first-order valence-corrected chi connectivity index (χ1v) is 8.87. The van der Waals surface area contributed by atoms with Crippen LogP contribution in [-0.4, -0.2) is 22.0 Å². The minimum atomic E-state index is -0.985. The van der Waals surface area contributed by atoms with Gasteiger partial charge in [0.25, 0.3) is 0 Å². The minimum absolute atomic E-state index is 0.136. The van der Waals surface area contributed by atoms with Crippen molar-refractivity contribution in [1.29, 1.82) is 0 Å². The van der Waals surface area contributed by atoms with Gasteiger partial charge in [-0.2, -0.15) is 0 Å². The predicted molar refractivity (Wildman–Crippen MR) is 88.8 cm³/mol. The van der Waals surface area contributed by atoms with Gasteiger partial charge in [0.2, 0.25) is 0 Å². The number of aromatic hydroxyl groups is 1. The van der Waals surface area contributed by atoms with Crippen molar-refractivity contribution in [2.24, 2.45) is 17.3 Å². The Morgan fingerprint density at radius 1 is 1.25 bits per heavy atom. The predicted octanol–water partition coefficient (Wildman–Crippen LogP) is 3.45. The molecular formula is C20H23O4. The third-order valence-corrected chi connectivity index (χ3v) is 6.83. The summed E-state index contributed by atoms with van der Waals surface area (Å²) in [6.07, 6.45) is 6.59. The van der Waals surface area contributed by atoms with Crippen molar-refractivity contribution in [2.75, 3.05) is 0 Å². The fourth-order valence-electron chi connectivity index (χ4n) is 5.77. The van der Waals surface area contributed by atoms with Gasteiger partial charge in [-0.3, -0.25) is 9.59 Å². The number of carbonyl (C=O) groups excluding carboxylic acids is 1. The highest BCUT2D eigenvalue weighted by Crippen LogP contribution is 2.60. The summed E-state index contributed by atoms with van der Waals surface area (Å²) in [4.78, 5) is 23.6. The van der Waals surface area contributed by atoms with E-state index in [1.165, 1.54) is 6.42 Å². The number of ketones is 1. The topological polar surface area (TPSA) is 74.6 Å². The lowest BCUT2D eigenvalue weighted by molar-refractivity contribution is -0.132. The number of phenolic OH excluding ortho intramolecular Hbond substituents is 1. The molecule has 0 amide bonds. The normalized spacial score (nSPS) is 34.4. The molecule has 4 atom stereocenters. The number of carboxylic acids is 1. The maximum atomic E-state index is 12.4. The monoisotopic (exact) mass is 327 g/mol. The lowest BCUT2D eigenvalue weighted by Gasteiger charge is -2.48. The number of carboxylic acid groups (broad SMARTS) is 1. The van der Waals surface area contributed by atoms with Crippen LogP contribution in [0.15, 0.2) is 12.1 Å². The maximum Gasteiger partial charge on any atom is 0.312 e. The van der Waals surface area contributed by atoms with E-state index < -0.39 is 5.97 Å². The molecule has 24 heavy (non-hydrogen) atoms. The van der Waals surface area contributed by atoms with Crippen molar-refractivity contribution >= 4 is 11.8 Å². The second-order valence-electron chi connectivity index (χ2n) is 7.92. The SMILES string of the molecule is C[C@]12CC[C@@H]3c4c([CH]C(=O)O)cc(O)cc4CC[C@H]3[C@@H]1CCC2=O. The minimum Gasteiger partial charge on any atom is -0.508 e. The van der Waals surface area contributed by atoms with Gasteiger partial charge in [-0.05, 0) is 78.7 Å². The third-order valence-electron chi connectivity index (χ3n) is 6.83. The number of phenols is 1. The van der Waals surface area contributed by atoms with E-state index in [9.17, 15) is 19.8 Å². The third kappa shape index (κ3) is 2.19. The van der Waals surface area contributed by atoms with Crippen LogP contribution in [0.1, 0.15) is 61.6 Å². The van der Waals surface area contributed by atoms with Crippen LogP contribution >= 0.6 is 0 Å². The van der Waals surface area contributed by atoms with Crippen LogP contribution in [0.4, 0.5) is 0 Å². The molecule has 3 aliphatic rings. The van der Waals surface area contributed by atoms with Crippen LogP contribution in [0.5, 0.6) is 5.75 Å². The van der Waals surface area contributed by atoms with E-state index in [-0.39, 0.29) is 11.2 Å². The highest BCUT2D eigenvalue weighted by atomic mass is 16.4. The smallest absolute Gasteiger partial charge is 0.312 e. The molecule has 4 rings (SSSR count). The first-order chi connectivity index (χ1) is 11.4. The molecular weight excluding hydrogens is 304 g/mol. The van der Waals surface area contributed by atoms with Gasteiger partial charge in [0.15, 0.2) is 0 Å². The molecule has 2 N–H and O–H groups in total. The summed E-state index contributed by atoms with van der Waals surface area (Å²) in [6, 6.07) is 3.36. The number of benzene rings is 1.